The zero-order valence-electron chi connectivity index (χ0n) is 10.2. The van der Waals surface area contributed by atoms with Gasteiger partial charge in [-0.1, -0.05) is 0 Å². The van der Waals surface area contributed by atoms with E-state index in [1.165, 1.54) is 0 Å². The van der Waals surface area contributed by atoms with Crippen LogP contribution in [0.25, 0.3) is 11.4 Å². The number of carbonyl (C=O) groups is 2. The third-order valence-electron chi connectivity index (χ3n) is 3.09. The number of H-pyrrole nitrogens is 1. The molecular weight excluding hydrogens is 246 g/mol. The molecule has 19 heavy (non-hydrogen) atoms. The van der Waals surface area contributed by atoms with E-state index in [2.05, 4.69) is 15.3 Å². The number of carbonyl (C=O) groups excluding carboxylic acids is 1. The van der Waals surface area contributed by atoms with Crippen LogP contribution in [-0.4, -0.2) is 27.0 Å². The molecule has 0 fully saturated rings. The number of aromatic nitrogens is 2. The highest BCUT2D eigenvalue weighted by Crippen LogP contribution is 2.28. The minimum absolute atomic E-state index is 0.0182. The molecule has 6 heteroatoms. The van der Waals surface area contributed by atoms with E-state index >= 15 is 0 Å². The Bertz CT molecular complexity index is 703. The Morgan fingerprint density at radius 1 is 1.42 bits per heavy atom. The van der Waals surface area contributed by atoms with Gasteiger partial charge in [-0.15, -0.1) is 0 Å². The van der Waals surface area contributed by atoms with Crippen LogP contribution in [0.1, 0.15) is 21.7 Å². The third-order valence-corrected chi connectivity index (χ3v) is 3.09. The number of carboxylic acid groups (broad SMARTS) is 1. The summed E-state index contributed by atoms with van der Waals surface area (Å²) in [6, 6.07) is 5.44. The van der Waals surface area contributed by atoms with Crippen molar-refractivity contribution in [1.29, 1.82) is 0 Å². The number of nitrogens with zero attached hydrogens (tertiary/aromatic N) is 1. The van der Waals surface area contributed by atoms with Crippen LogP contribution < -0.4 is 5.32 Å². The average molecular weight is 257 g/mol. The number of aryl methyl sites for hydroxylation is 1. The second-order valence-corrected chi connectivity index (χ2v) is 4.46. The predicted molar refractivity (Wildman–Crippen MR) is 68.1 cm³/mol. The Morgan fingerprint density at radius 3 is 2.89 bits per heavy atom. The Balaban J connectivity index is 2.04. The van der Waals surface area contributed by atoms with Gasteiger partial charge in [0.05, 0.1) is 6.42 Å². The van der Waals surface area contributed by atoms with Crippen LogP contribution in [0.2, 0.25) is 0 Å². The molecule has 1 amide bonds. The van der Waals surface area contributed by atoms with E-state index in [0.717, 1.165) is 16.8 Å². The number of aromatic amines is 1. The van der Waals surface area contributed by atoms with Gasteiger partial charge in [-0.3, -0.25) is 4.79 Å². The van der Waals surface area contributed by atoms with Gasteiger partial charge in [0.15, 0.2) is 5.69 Å². The highest BCUT2D eigenvalue weighted by atomic mass is 16.4. The molecule has 2 heterocycles. The number of amides is 1. The molecule has 96 valence electrons. The predicted octanol–water partition coefficient (Wildman–Crippen LogP) is 1.58. The summed E-state index contributed by atoms with van der Waals surface area (Å²) in [5.41, 5.74) is 3.00. The van der Waals surface area contributed by atoms with E-state index in [-0.39, 0.29) is 11.6 Å². The van der Waals surface area contributed by atoms with Gasteiger partial charge < -0.3 is 15.4 Å². The van der Waals surface area contributed by atoms with Crippen molar-refractivity contribution in [3.8, 4) is 11.4 Å². The number of benzene rings is 1. The second-order valence-electron chi connectivity index (χ2n) is 4.46. The highest BCUT2D eigenvalue weighted by molar-refractivity contribution is 5.99. The van der Waals surface area contributed by atoms with Gasteiger partial charge in [0, 0.05) is 16.9 Å². The Hall–Kier alpha value is -2.63. The second kappa shape index (κ2) is 3.94. The molecule has 0 atom stereocenters. The summed E-state index contributed by atoms with van der Waals surface area (Å²) in [5.74, 6) is -0.593. The van der Waals surface area contributed by atoms with Crippen molar-refractivity contribution in [2.24, 2.45) is 0 Å². The minimum Gasteiger partial charge on any atom is -0.476 e. The molecule has 3 rings (SSSR count). The van der Waals surface area contributed by atoms with Gasteiger partial charge in [0.1, 0.15) is 5.82 Å². The summed E-state index contributed by atoms with van der Waals surface area (Å²) in [5, 5.41) is 11.7. The molecule has 0 bridgehead atoms. The van der Waals surface area contributed by atoms with Crippen LogP contribution in [-0.2, 0) is 11.2 Å². The normalized spacial score (nSPS) is 13.2. The van der Waals surface area contributed by atoms with Crippen LogP contribution in [0.4, 0.5) is 5.69 Å². The zero-order chi connectivity index (χ0) is 13.6. The fraction of sp³-hybridized carbons (Fsp3) is 0.154. The molecule has 0 aliphatic carbocycles. The number of nitrogens with one attached hydrogen (secondary N) is 2. The Morgan fingerprint density at radius 2 is 2.21 bits per heavy atom. The zero-order valence-corrected chi connectivity index (χ0v) is 10.2. The van der Waals surface area contributed by atoms with Crippen molar-refractivity contribution in [3.05, 3.63) is 35.2 Å². The largest absolute Gasteiger partial charge is 0.476 e. The maximum atomic E-state index is 11.3. The van der Waals surface area contributed by atoms with E-state index in [9.17, 15) is 9.59 Å². The number of carboxylic acids is 1. The van der Waals surface area contributed by atoms with Gasteiger partial charge in [0.2, 0.25) is 5.91 Å². The van der Waals surface area contributed by atoms with Gasteiger partial charge in [-0.05, 0) is 30.7 Å². The molecule has 3 N–H and O–H groups in total. The lowest BCUT2D eigenvalue weighted by atomic mass is 10.1. The van der Waals surface area contributed by atoms with Crippen LogP contribution in [0.5, 0.6) is 0 Å². The van der Waals surface area contributed by atoms with Crippen LogP contribution >= 0.6 is 0 Å². The lowest BCUT2D eigenvalue weighted by molar-refractivity contribution is -0.115. The van der Waals surface area contributed by atoms with Crippen LogP contribution in [0.3, 0.4) is 0 Å². The lowest BCUT2D eigenvalue weighted by Gasteiger charge is -2.01. The van der Waals surface area contributed by atoms with Crippen LogP contribution in [0, 0.1) is 6.92 Å². The summed E-state index contributed by atoms with van der Waals surface area (Å²) >= 11 is 0. The van der Waals surface area contributed by atoms with E-state index in [1.807, 2.05) is 6.07 Å². The van der Waals surface area contributed by atoms with Crippen molar-refractivity contribution in [1.82, 2.24) is 9.97 Å². The molecule has 0 saturated carbocycles. The van der Waals surface area contributed by atoms with Crippen molar-refractivity contribution in [2.75, 3.05) is 5.32 Å². The quantitative estimate of drug-likeness (QED) is 0.761. The molecule has 0 spiro atoms. The SMILES string of the molecule is Cc1[nH]c(-c2ccc3c(c2)CC(=O)N3)nc1C(=O)O. The van der Waals surface area contributed by atoms with Crippen molar-refractivity contribution < 1.29 is 14.7 Å². The molecule has 0 saturated heterocycles. The topological polar surface area (TPSA) is 95.1 Å². The number of hydrogen-bond acceptors (Lipinski definition) is 3. The Labute approximate surface area is 108 Å². The fourth-order valence-corrected chi connectivity index (χ4v) is 2.18. The van der Waals surface area contributed by atoms with Gasteiger partial charge in [-0.2, -0.15) is 0 Å². The smallest absolute Gasteiger partial charge is 0.356 e. The first-order chi connectivity index (χ1) is 9.04. The summed E-state index contributed by atoms with van der Waals surface area (Å²) in [7, 11) is 0. The van der Waals surface area contributed by atoms with Gasteiger partial charge in [-0.25, -0.2) is 9.78 Å². The van der Waals surface area contributed by atoms with Crippen LogP contribution in [0.15, 0.2) is 18.2 Å². The first kappa shape index (κ1) is 11.5. The fourth-order valence-electron chi connectivity index (χ4n) is 2.18. The summed E-state index contributed by atoms with van der Waals surface area (Å²) < 4.78 is 0. The molecule has 0 unspecified atom stereocenters. The van der Waals surface area contributed by atoms with Gasteiger partial charge >= 0.3 is 5.97 Å². The maximum Gasteiger partial charge on any atom is 0.356 e. The average Bonchev–Trinajstić information content (AvgIpc) is 2.89. The number of hydrogen-bond donors (Lipinski definition) is 3. The van der Waals surface area contributed by atoms with Crippen molar-refractivity contribution in [3.63, 3.8) is 0 Å². The molecule has 6 nitrogen and oxygen atoms in total. The summed E-state index contributed by atoms with van der Waals surface area (Å²) in [6.45, 7) is 1.67. The molecule has 2 aromatic rings. The molecule has 1 aliphatic rings. The van der Waals surface area contributed by atoms with Gasteiger partial charge in [0.25, 0.3) is 0 Å². The molecule has 0 radical (unpaired) electrons. The van der Waals surface area contributed by atoms with E-state index in [0.29, 0.717) is 17.9 Å². The number of aromatic carboxylic acids is 1. The number of rotatable bonds is 2. The monoisotopic (exact) mass is 257 g/mol. The molecule has 1 aromatic heterocycles. The highest BCUT2D eigenvalue weighted by Gasteiger charge is 2.19. The molecule has 1 aliphatic heterocycles. The number of imidazole rings is 1. The first-order valence-electron chi connectivity index (χ1n) is 5.77. The van der Waals surface area contributed by atoms with Crippen molar-refractivity contribution in [2.45, 2.75) is 13.3 Å². The third kappa shape index (κ3) is 1.87. The van der Waals surface area contributed by atoms with E-state index in [4.69, 9.17) is 5.11 Å². The molecular formula is C13H11N3O3. The Kier molecular flexibility index (Phi) is 2.38. The summed E-state index contributed by atoms with van der Waals surface area (Å²) in [4.78, 5) is 29.3. The minimum atomic E-state index is -1.06. The number of fused-ring (bicyclic) bond motifs is 1. The van der Waals surface area contributed by atoms with Crippen molar-refractivity contribution >= 4 is 17.6 Å². The van der Waals surface area contributed by atoms with E-state index in [1.54, 1.807) is 19.1 Å². The molecule has 1 aromatic carbocycles. The first-order valence-corrected chi connectivity index (χ1v) is 5.77. The number of anilines is 1. The lowest BCUT2D eigenvalue weighted by Crippen LogP contribution is -2.03. The summed E-state index contributed by atoms with van der Waals surface area (Å²) in [6.07, 6.45) is 0.342. The van der Waals surface area contributed by atoms with E-state index < -0.39 is 5.97 Å². The maximum absolute atomic E-state index is 11.3. The standard InChI is InChI=1S/C13H11N3O3/c1-6-11(13(18)19)16-12(14-6)7-2-3-9-8(4-7)5-10(17)15-9/h2-4H,5H2,1H3,(H,14,16)(H,15,17)(H,18,19).